The normalized spacial score (nSPS) is 11.8. The molecule has 2 amide bonds. The zero-order valence-corrected chi connectivity index (χ0v) is 19.9. The van der Waals surface area contributed by atoms with Gasteiger partial charge in [-0.15, -0.1) is 0 Å². The van der Waals surface area contributed by atoms with Crippen LogP contribution in [-0.2, 0) is 22.7 Å². The summed E-state index contributed by atoms with van der Waals surface area (Å²) in [6.07, 6.45) is 0. The van der Waals surface area contributed by atoms with E-state index in [0.29, 0.717) is 21.2 Å². The van der Waals surface area contributed by atoms with E-state index in [4.69, 9.17) is 23.2 Å². The molecule has 3 aromatic carbocycles. The maximum Gasteiger partial charge on any atom is 0.247 e. The van der Waals surface area contributed by atoms with Crippen LogP contribution >= 0.6 is 23.2 Å². The van der Waals surface area contributed by atoms with Crippen LogP contribution in [0.25, 0.3) is 0 Å². The fourth-order valence-electron chi connectivity index (χ4n) is 3.47. The van der Waals surface area contributed by atoms with Crippen molar-refractivity contribution in [2.24, 2.45) is 5.92 Å². The lowest BCUT2D eigenvalue weighted by molar-refractivity contribution is -0.144. The molecular weight excluding hydrogens is 462 g/mol. The molecule has 33 heavy (non-hydrogen) atoms. The Kier molecular flexibility index (Phi) is 8.48. The second-order valence-electron chi connectivity index (χ2n) is 8.01. The topological polar surface area (TPSA) is 49.4 Å². The number of nitrogens with one attached hydrogen (secondary N) is 1. The van der Waals surface area contributed by atoms with Crippen molar-refractivity contribution >= 4 is 35.0 Å². The van der Waals surface area contributed by atoms with Crippen molar-refractivity contribution in [3.05, 3.63) is 105 Å². The first-order valence-electron chi connectivity index (χ1n) is 10.6. The van der Waals surface area contributed by atoms with Crippen molar-refractivity contribution in [1.82, 2.24) is 10.2 Å². The largest absolute Gasteiger partial charge is 0.350 e. The van der Waals surface area contributed by atoms with Crippen LogP contribution in [0.3, 0.4) is 0 Å². The predicted octanol–water partition coefficient (Wildman–Crippen LogP) is 6.17. The molecule has 1 N–H and O–H groups in total. The van der Waals surface area contributed by atoms with E-state index in [1.807, 2.05) is 30.3 Å². The summed E-state index contributed by atoms with van der Waals surface area (Å²) in [5.74, 6) is -1.23. The first-order chi connectivity index (χ1) is 15.8. The summed E-state index contributed by atoms with van der Waals surface area (Å²) < 4.78 is 13.4. The summed E-state index contributed by atoms with van der Waals surface area (Å²) in [7, 11) is 0. The lowest BCUT2D eigenvalue weighted by atomic mass is 10.0. The van der Waals surface area contributed by atoms with Gasteiger partial charge in [0, 0.05) is 29.1 Å². The zero-order chi connectivity index (χ0) is 24.0. The molecule has 0 heterocycles. The number of benzene rings is 3. The molecule has 0 aliphatic rings. The predicted molar refractivity (Wildman–Crippen MR) is 129 cm³/mol. The fraction of sp³-hybridized carbons (Fsp3) is 0.231. The third kappa shape index (κ3) is 6.56. The van der Waals surface area contributed by atoms with E-state index in [1.165, 1.54) is 17.0 Å². The summed E-state index contributed by atoms with van der Waals surface area (Å²) in [5, 5.41) is 3.86. The van der Waals surface area contributed by atoms with Gasteiger partial charge in [0.05, 0.1) is 0 Å². The highest BCUT2D eigenvalue weighted by Crippen LogP contribution is 2.27. The number of amides is 2. The molecule has 0 unspecified atom stereocenters. The Bertz CT molecular complexity index is 1110. The van der Waals surface area contributed by atoms with Crippen molar-refractivity contribution in [3.8, 4) is 0 Å². The average molecular weight is 487 g/mol. The first-order valence-corrected chi connectivity index (χ1v) is 11.3. The molecule has 0 radical (unpaired) electrons. The molecule has 0 saturated carbocycles. The van der Waals surface area contributed by atoms with Crippen LogP contribution in [0.15, 0.2) is 72.8 Å². The third-order valence-corrected chi connectivity index (χ3v) is 5.77. The monoisotopic (exact) mass is 486 g/mol. The molecule has 0 aliphatic carbocycles. The van der Waals surface area contributed by atoms with Gasteiger partial charge in [-0.2, -0.15) is 0 Å². The van der Waals surface area contributed by atoms with E-state index >= 15 is 0 Å². The smallest absolute Gasteiger partial charge is 0.247 e. The highest BCUT2D eigenvalue weighted by atomic mass is 35.5. The van der Waals surface area contributed by atoms with E-state index in [0.717, 1.165) is 5.56 Å². The average Bonchev–Trinajstić information content (AvgIpc) is 2.79. The zero-order valence-electron chi connectivity index (χ0n) is 18.4. The van der Waals surface area contributed by atoms with E-state index in [-0.39, 0.29) is 36.6 Å². The summed E-state index contributed by atoms with van der Waals surface area (Å²) >= 11 is 12.2. The first kappa shape index (κ1) is 24.7. The second kappa shape index (κ2) is 11.3. The number of rotatable bonds is 8. The quantitative estimate of drug-likeness (QED) is 0.413. The van der Waals surface area contributed by atoms with Gasteiger partial charge in [-0.1, -0.05) is 85.6 Å². The van der Waals surface area contributed by atoms with Gasteiger partial charge in [0.25, 0.3) is 0 Å². The van der Waals surface area contributed by atoms with Gasteiger partial charge in [-0.3, -0.25) is 9.59 Å². The van der Waals surface area contributed by atoms with Crippen LogP contribution in [0.2, 0.25) is 10.0 Å². The van der Waals surface area contributed by atoms with Crippen LogP contribution in [-0.4, -0.2) is 16.7 Å². The standard InChI is InChI=1S/C26H25Cl2FN2O2/c1-17(2)26(33)31(16-18-8-12-22(29)13-9-18)24(19-6-4-3-5-7-19)25(32)30-15-20-10-11-21(27)14-23(20)28/h3-14,17,24H,15-16H2,1-2H3,(H,30,32)/t24-/m0/s1. The lowest BCUT2D eigenvalue weighted by Gasteiger charge is -2.33. The molecule has 7 heteroatoms. The van der Waals surface area contributed by atoms with E-state index < -0.39 is 6.04 Å². The van der Waals surface area contributed by atoms with Crippen molar-refractivity contribution in [2.45, 2.75) is 33.0 Å². The summed E-state index contributed by atoms with van der Waals surface area (Å²) in [6.45, 7) is 3.91. The maximum absolute atomic E-state index is 13.5. The molecule has 172 valence electrons. The van der Waals surface area contributed by atoms with Crippen LogP contribution in [0.4, 0.5) is 4.39 Å². The number of carbonyl (C=O) groups is 2. The van der Waals surface area contributed by atoms with Crippen LogP contribution < -0.4 is 5.32 Å². The van der Waals surface area contributed by atoms with Crippen molar-refractivity contribution in [3.63, 3.8) is 0 Å². The van der Waals surface area contributed by atoms with Crippen molar-refractivity contribution < 1.29 is 14.0 Å². The Balaban J connectivity index is 1.94. The molecular formula is C26H25Cl2FN2O2. The Morgan fingerprint density at radius 1 is 0.970 bits per heavy atom. The van der Waals surface area contributed by atoms with Crippen LogP contribution in [0.1, 0.15) is 36.6 Å². The Morgan fingerprint density at radius 2 is 1.64 bits per heavy atom. The molecule has 0 spiro atoms. The minimum Gasteiger partial charge on any atom is -0.350 e. The fourth-order valence-corrected chi connectivity index (χ4v) is 3.94. The highest BCUT2D eigenvalue weighted by molar-refractivity contribution is 6.35. The number of carbonyl (C=O) groups excluding carboxylic acids is 2. The second-order valence-corrected chi connectivity index (χ2v) is 8.86. The van der Waals surface area contributed by atoms with E-state index in [9.17, 15) is 14.0 Å². The van der Waals surface area contributed by atoms with Crippen molar-refractivity contribution in [2.75, 3.05) is 0 Å². The number of halogens is 3. The van der Waals surface area contributed by atoms with Gasteiger partial charge >= 0.3 is 0 Å². The van der Waals surface area contributed by atoms with Crippen molar-refractivity contribution in [1.29, 1.82) is 0 Å². The van der Waals surface area contributed by atoms with Gasteiger partial charge in [-0.05, 0) is 41.0 Å². The van der Waals surface area contributed by atoms with Gasteiger partial charge < -0.3 is 10.2 Å². The van der Waals surface area contributed by atoms with Gasteiger partial charge in [0.15, 0.2) is 0 Å². The summed E-state index contributed by atoms with van der Waals surface area (Å²) in [6, 6.07) is 19.2. The third-order valence-electron chi connectivity index (χ3n) is 5.19. The minimum atomic E-state index is -0.878. The summed E-state index contributed by atoms with van der Waals surface area (Å²) in [4.78, 5) is 28.2. The van der Waals surface area contributed by atoms with E-state index in [1.54, 1.807) is 44.2 Å². The van der Waals surface area contributed by atoms with Crippen LogP contribution in [0, 0.1) is 11.7 Å². The molecule has 0 saturated heterocycles. The number of hydrogen-bond donors (Lipinski definition) is 1. The molecule has 0 fully saturated rings. The molecule has 1 atom stereocenters. The molecule has 0 aromatic heterocycles. The van der Waals surface area contributed by atoms with Crippen LogP contribution in [0.5, 0.6) is 0 Å². The molecule has 4 nitrogen and oxygen atoms in total. The molecule has 3 rings (SSSR count). The molecule has 0 aliphatic heterocycles. The summed E-state index contributed by atoms with van der Waals surface area (Å²) in [5.41, 5.74) is 2.11. The number of hydrogen-bond acceptors (Lipinski definition) is 2. The lowest BCUT2D eigenvalue weighted by Crippen LogP contribution is -2.44. The Hall–Kier alpha value is -2.89. The minimum absolute atomic E-state index is 0.159. The Morgan fingerprint density at radius 3 is 2.24 bits per heavy atom. The SMILES string of the molecule is CC(C)C(=O)N(Cc1ccc(F)cc1)[C@H](C(=O)NCc1ccc(Cl)cc1Cl)c1ccccc1. The van der Waals surface area contributed by atoms with E-state index in [2.05, 4.69) is 5.32 Å². The van der Waals surface area contributed by atoms with Gasteiger partial charge in [0.1, 0.15) is 11.9 Å². The van der Waals surface area contributed by atoms with Gasteiger partial charge in [-0.25, -0.2) is 4.39 Å². The molecule has 0 bridgehead atoms. The molecule has 3 aromatic rings. The number of nitrogens with zero attached hydrogens (tertiary/aromatic N) is 1. The Labute approximate surface area is 203 Å². The maximum atomic E-state index is 13.5. The van der Waals surface area contributed by atoms with Gasteiger partial charge in [0.2, 0.25) is 11.8 Å². The highest BCUT2D eigenvalue weighted by Gasteiger charge is 2.32.